The molecule has 0 bridgehead atoms. The Morgan fingerprint density at radius 3 is 2.64 bits per heavy atom. The zero-order valence-corrected chi connectivity index (χ0v) is 15.8. The smallest absolute Gasteiger partial charge is 0.160 e. The third-order valence-electron chi connectivity index (χ3n) is 4.31. The van der Waals surface area contributed by atoms with E-state index in [0.29, 0.717) is 11.6 Å². The zero-order valence-electron chi connectivity index (χ0n) is 15.0. The van der Waals surface area contributed by atoms with Crippen LogP contribution < -0.4 is 10.2 Å². The van der Waals surface area contributed by atoms with Crippen LogP contribution in [0.4, 0.5) is 11.6 Å². The molecule has 0 saturated heterocycles. The van der Waals surface area contributed by atoms with Gasteiger partial charge in [-0.3, -0.25) is 4.68 Å². The number of rotatable bonds is 6. The number of halogens is 1. The molecule has 3 heterocycles. The van der Waals surface area contributed by atoms with Gasteiger partial charge in [0.2, 0.25) is 0 Å². The van der Waals surface area contributed by atoms with Gasteiger partial charge in [-0.2, -0.15) is 5.10 Å². The second-order valence-corrected chi connectivity index (χ2v) is 6.38. The second kappa shape index (κ2) is 7.27. The number of hydrogen-bond donors (Lipinski definition) is 1. The van der Waals surface area contributed by atoms with Crippen LogP contribution in [0, 0.1) is 6.92 Å². The van der Waals surface area contributed by atoms with Crippen LogP contribution in [0.2, 0.25) is 5.02 Å². The van der Waals surface area contributed by atoms with Crippen molar-refractivity contribution in [1.29, 1.82) is 0 Å². The van der Waals surface area contributed by atoms with Crippen molar-refractivity contribution < 1.29 is 0 Å². The lowest BCUT2D eigenvalue weighted by atomic mass is 10.1. The molecule has 0 radical (unpaired) electrons. The predicted octanol–water partition coefficient (Wildman–Crippen LogP) is 3.78. The minimum Gasteiger partial charge on any atom is -0.366 e. The van der Waals surface area contributed by atoms with E-state index in [1.807, 2.05) is 30.8 Å². The Hall–Kier alpha value is -2.34. The van der Waals surface area contributed by atoms with E-state index in [0.717, 1.165) is 47.0 Å². The molecular weight excluding hydrogens is 336 g/mol. The van der Waals surface area contributed by atoms with Crippen molar-refractivity contribution in [1.82, 2.24) is 19.7 Å². The van der Waals surface area contributed by atoms with Crippen LogP contribution in [0.1, 0.15) is 25.1 Å². The lowest BCUT2D eigenvalue weighted by Crippen LogP contribution is -2.25. The molecule has 132 valence electrons. The molecule has 0 saturated carbocycles. The fourth-order valence-electron chi connectivity index (χ4n) is 2.97. The van der Waals surface area contributed by atoms with E-state index in [9.17, 15) is 0 Å². The molecule has 7 heteroatoms. The van der Waals surface area contributed by atoms with Crippen LogP contribution in [0.15, 0.2) is 24.4 Å². The molecule has 0 atom stereocenters. The van der Waals surface area contributed by atoms with Gasteiger partial charge < -0.3 is 10.2 Å². The summed E-state index contributed by atoms with van der Waals surface area (Å²) in [5.41, 5.74) is 3.03. The standard InChI is InChI=1S/C18H23ClN6/c1-5-25(6-2)17-13(10-20-16-8-7-14(19)11-21-16)9-15-12(3)23-24(4)18(15)22-17/h7-9,11H,5-6,10H2,1-4H3,(H,20,21). The highest BCUT2D eigenvalue weighted by atomic mass is 35.5. The highest BCUT2D eigenvalue weighted by Gasteiger charge is 2.16. The molecule has 0 spiro atoms. The molecule has 0 aliphatic rings. The summed E-state index contributed by atoms with van der Waals surface area (Å²) in [6.07, 6.45) is 1.64. The Balaban J connectivity index is 1.99. The van der Waals surface area contributed by atoms with Crippen molar-refractivity contribution in [2.45, 2.75) is 27.3 Å². The fraction of sp³-hybridized carbons (Fsp3) is 0.389. The maximum atomic E-state index is 5.90. The number of nitrogens with zero attached hydrogens (tertiary/aromatic N) is 5. The van der Waals surface area contributed by atoms with Gasteiger partial charge >= 0.3 is 0 Å². The number of anilines is 2. The van der Waals surface area contributed by atoms with Gasteiger partial charge in [-0.15, -0.1) is 0 Å². The van der Waals surface area contributed by atoms with Crippen molar-refractivity contribution in [3.63, 3.8) is 0 Å². The van der Waals surface area contributed by atoms with Gasteiger partial charge in [0.05, 0.1) is 10.7 Å². The summed E-state index contributed by atoms with van der Waals surface area (Å²) < 4.78 is 1.84. The molecule has 3 aromatic heterocycles. The van der Waals surface area contributed by atoms with Crippen LogP contribution in [0.5, 0.6) is 0 Å². The minimum absolute atomic E-state index is 0.628. The normalized spacial score (nSPS) is 11.1. The third kappa shape index (κ3) is 3.54. The lowest BCUT2D eigenvalue weighted by molar-refractivity contribution is 0.768. The van der Waals surface area contributed by atoms with Gasteiger partial charge in [0.15, 0.2) is 5.65 Å². The number of hydrogen-bond acceptors (Lipinski definition) is 5. The van der Waals surface area contributed by atoms with Gasteiger partial charge in [-0.05, 0) is 39.0 Å². The summed E-state index contributed by atoms with van der Waals surface area (Å²) in [4.78, 5) is 11.5. The molecule has 0 fully saturated rings. The summed E-state index contributed by atoms with van der Waals surface area (Å²) in [7, 11) is 1.93. The first-order valence-electron chi connectivity index (χ1n) is 8.47. The predicted molar refractivity (Wildman–Crippen MR) is 103 cm³/mol. The number of nitrogens with one attached hydrogen (secondary N) is 1. The number of fused-ring (bicyclic) bond motifs is 1. The topological polar surface area (TPSA) is 58.9 Å². The first-order valence-corrected chi connectivity index (χ1v) is 8.84. The van der Waals surface area contributed by atoms with Crippen LogP contribution in [-0.4, -0.2) is 32.8 Å². The molecule has 0 aliphatic carbocycles. The molecule has 0 amide bonds. The Bertz CT molecular complexity index is 867. The first-order chi connectivity index (χ1) is 12.0. The van der Waals surface area contributed by atoms with Crippen molar-refractivity contribution in [2.75, 3.05) is 23.3 Å². The van der Waals surface area contributed by atoms with Crippen LogP contribution in [-0.2, 0) is 13.6 Å². The average molecular weight is 359 g/mol. The number of pyridine rings is 2. The van der Waals surface area contributed by atoms with Crippen LogP contribution in [0.3, 0.4) is 0 Å². The summed E-state index contributed by atoms with van der Waals surface area (Å²) >= 11 is 5.90. The van der Waals surface area contributed by atoms with Gasteiger partial charge in [0.25, 0.3) is 0 Å². The Morgan fingerprint density at radius 2 is 2.00 bits per heavy atom. The summed E-state index contributed by atoms with van der Waals surface area (Å²) in [6.45, 7) is 8.73. The van der Waals surface area contributed by atoms with E-state index in [-0.39, 0.29) is 0 Å². The van der Waals surface area contributed by atoms with Gasteiger partial charge in [-0.25, -0.2) is 9.97 Å². The molecule has 0 aliphatic heterocycles. The Kier molecular flexibility index (Phi) is 5.08. The van der Waals surface area contributed by atoms with Gasteiger partial charge in [0.1, 0.15) is 11.6 Å². The van der Waals surface area contributed by atoms with E-state index in [2.05, 4.69) is 40.2 Å². The largest absolute Gasteiger partial charge is 0.366 e. The molecule has 25 heavy (non-hydrogen) atoms. The highest BCUT2D eigenvalue weighted by molar-refractivity contribution is 6.30. The van der Waals surface area contributed by atoms with Crippen molar-refractivity contribution in [3.8, 4) is 0 Å². The number of aromatic nitrogens is 4. The second-order valence-electron chi connectivity index (χ2n) is 5.94. The van der Waals surface area contributed by atoms with Crippen molar-refractivity contribution in [2.24, 2.45) is 7.05 Å². The SMILES string of the molecule is CCN(CC)c1nc2c(cc1CNc1ccc(Cl)cn1)c(C)nn2C. The summed E-state index contributed by atoms with van der Waals surface area (Å²) in [5.74, 6) is 1.78. The maximum Gasteiger partial charge on any atom is 0.160 e. The van der Waals surface area contributed by atoms with Gasteiger partial charge in [0, 0.05) is 43.8 Å². The quantitative estimate of drug-likeness (QED) is 0.726. The van der Waals surface area contributed by atoms with Crippen molar-refractivity contribution >= 4 is 34.3 Å². The van der Waals surface area contributed by atoms with E-state index >= 15 is 0 Å². The van der Waals surface area contributed by atoms with Crippen molar-refractivity contribution in [3.05, 3.63) is 40.7 Å². The average Bonchev–Trinajstić information content (AvgIpc) is 2.89. The van der Waals surface area contributed by atoms with Crippen LogP contribution >= 0.6 is 11.6 Å². The van der Waals surface area contributed by atoms with Crippen LogP contribution in [0.25, 0.3) is 11.0 Å². The monoisotopic (exact) mass is 358 g/mol. The molecule has 0 aromatic carbocycles. The fourth-order valence-corrected chi connectivity index (χ4v) is 3.08. The Morgan fingerprint density at radius 1 is 1.24 bits per heavy atom. The lowest BCUT2D eigenvalue weighted by Gasteiger charge is -2.23. The molecule has 3 aromatic rings. The third-order valence-corrected chi connectivity index (χ3v) is 4.53. The molecule has 1 N–H and O–H groups in total. The van der Waals surface area contributed by atoms with E-state index in [1.54, 1.807) is 6.20 Å². The molecule has 6 nitrogen and oxygen atoms in total. The maximum absolute atomic E-state index is 5.90. The molecule has 3 rings (SSSR count). The highest BCUT2D eigenvalue weighted by Crippen LogP contribution is 2.26. The zero-order chi connectivity index (χ0) is 18.0. The van der Waals surface area contributed by atoms with Gasteiger partial charge in [-0.1, -0.05) is 11.6 Å². The number of aryl methyl sites for hydroxylation is 2. The first kappa shape index (κ1) is 17.5. The molecule has 0 unspecified atom stereocenters. The van der Waals surface area contributed by atoms with E-state index < -0.39 is 0 Å². The Labute approximate surface area is 152 Å². The van der Waals surface area contributed by atoms with E-state index in [4.69, 9.17) is 16.6 Å². The minimum atomic E-state index is 0.628. The molecular formula is C18H23ClN6. The van der Waals surface area contributed by atoms with E-state index in [1.165, 1.54) is 0 Å². The summed E-state index contributed by atoms with van der Waals surface area (Å²) in [5, 5.41) is 9.57. The summed E-state index contributed by atoms with van der Waals surface area (Å²) in [6, 6.07) is 5.89.